The standard InChI is InChI=1S/C13H15N3O3S/c14-6-7-15-12(17)16(13(18)19)8-9-20-10-11-4-2-1-3-5-11/h1-5H,7-10H2,(H,15,17)(H,18,19). The Bertz CT molecular complexity index is 487. The number of amides is 3. The largest absolute Gasteiger partial charge is 0.465 e. The van der Waals surface area contributed by atoms with Crippen LogP contribution >= 0.6 is 11.8 Å². The summed E-state index contributed by atoms with van der Waals surface area (Å²) in [5.74, 6) is 1.26. The predicted molar refractivity (Wildman–Crippen MR) is 76.3 cm³/mol. The maximum absolute atomic E-state index is 11.5. The van der Waals surface area contributed by atoms with Gasteiger partial charge in [0.15, 0.2) is 0 Å². The van der Waals surface area contributed by atoms with E-state index in [0.717, 1.165) is 11.3 Å². The number of benzene rings is 1. The molecule has 0 unspecified atom stereocenters. The molecule has 0 fully saturated rings. The minimum Gasteiger partial charge on any atom is -0.465 e. The van der Waals surface area contributed by atoms with Gasteiger partial charge in [0.2, 0.25) is 0 Å². The normalized spacial score (nSPS) is 9.55. The lowest BCUT2D eigenvalue weighted by atomic mass is 10.2. The highest BCUT2D eigenvalue weighted by Gasteiger charge is 2.19. The highest BCUT2D eigenvalue weighted by molar-refractivity contribution is 7.98. The van der Waals surface area contributed by atoms with E-state index in [-0.39, 0.29) is 13.1 Å². The molecule has 7 heteroatoms. The lowest BCUT2D eigenvalue weighted by molar-refractivity contribution is 0.150. The first-order valence-corrected chi connectivity index (χ1v) is 7.07. The van der Waals surface area contributed by atoms with E-state index < -0.39 is 12.1 Å². The van der Waals surface area contributed by atoms with Crippen LogP contribution in [0.5, 0.6) is 0 Å². The number of hydrogen-bond donors (Lipinski definition) is 2. The third kappa shape index (κ3) is 5.63. The van der Waals surface area contributed by atoms with E-state index >= 15 is 0 Å². The first-order chi connectivity index (χ1) is 9.65. The zero-order valence-electron chi connectivity index (χ0n) is 10.8. The molecule has 0 aromatic heterocycles. The summed E-state index contributed by atoms with van der Waals surface area (Å²) < 4.78 is 0. The predicted octanol–water partition coefficient (Wildman–Crippen LogP) is 2.13. The molecule has 1 aromatic rings. The van der Waals surface area contributed by atoms with Crippen molar-refractivity contribution < 1.29 is 14.7 Å². The van der Waals surface area contributed by atoms with Gasteiger partial charge >= 0.3 is 12.1 Å². The van der Waals surface area contributed by atoms with Crippen molar-refractivity contribution in [1.29, 1.82) is 5.26 Å². The summed E-state index contributed by atoms with van der Waals surface area (Å²) >= 11 is 1.54. The summed E-state index contributed by atoms with van der Waals surface area (Å²) in [5.41, 5.74) is 1.15. The molecule has 0 atom stereocenters. The van der Waals surface area contributed by atoms with E-state index in [2.05, 4.69) is 5.32 Å². The molecule has 0 bridgehead atoms. The summed E-state index contributed by atoms with van der Waals surface area (Å²) in [6, 6.07) is 10.7. The van der Waals surface area contributed by atoms with Gasteiger partial charge in [-0.3, -0.25) is 0 Å². The van der Waals surface area contributed by atoms with Gasteiger partial charge in [-0.15, -0.1) is 0 Å². The topological polar surface area (TPSA) is 93.4 Å². The molecule has 0 aliphatic heterocycles. The molecule has 1 rings (SSSR count). The molecule has 0 saturated carbocycles. The Morgan fingerprint density at radius 1 is 1.35 bits per heavy atom. The minimum absolute atomic E-state index is 0.0874. The number of nitriles is 1. The van der Waals surface area contributed by atoms with Crippen LogP contribution in [0, 0.1) is 11.3 Å². The molecule has 2 N–H and O–H groups in total. The highest BCUT2D eigenvalue weighted by Crippen LogP contribution is 2.11. The van der Waals surface area contributed by atoms with Crippen LogP contribution in [0.2, 0.25) is 0 Å². The van der Waals surface area contributed by atoms with Crippen LogP contribution in [0.3, 0.4) is 0 Å². The fraction of sp³-hybridized carbons (Fsp3) is 0.308. The van der Waals surface area contributed by atoms with Crippen LogP contribution < -0.4 is 5.32 Å². The number of urea groups is 1. The number of nitrogens with zero attached hydrogens (tertiary/aromatic N) is 2. The van der Waals surface area contributed by atoms with Gasteiger partial charge in [-0.1, -0.05) is 30.3 Å². The van der Waals surface area contributed by atoms with Crippen molar-refractivity contribution in [2.75, 3.05) is 18.8 Å². The molecule has 3 amide bonds. The van der Waals surface area contributed by atoms with Crippen LogP contribution in [0.15, 0.2) is 30.3 Å². The van der Waals surface area contributed by atoms with Crippen molar-refractivity contribution in [2.24, 2.45) is 0 Å². The summed E-state index contributed by atoms with van der Waals surface area (Å²) in [6.07, 6.45) is -1.32. The van der Waals surface area contributed by atoms with E-state index in [9.17, 15) is 9.59 Å². The Morgan fingerprint density at radius 2 is 2.05 bits per heavy atom. The number of carbonyl (C=O) groups excluding carboxylic acids is 1. The fourth-order valence-corrected chi connectivity index (χ4v) is 2.30. The van der Waals surface area contributed by atoms with E-state index in [1.165, 1.54) is 0 Å². The van der Waals surface area contributed by atoms with Crippen molar-refractivity contribution in [2.45, 2.75) is 5.75 Å². The van der Waals surface area contributed by atoms with Gasteiger partial charge in [-0.2, -0.15) is 17.0 Å². The first-order valence-electron chi connectivity index (χ1n) is 5.92. The number of carboxylic acid groups (broad SMARTS) is 1. The second-order valence-corrected chi connectivity index (χ2v) is 4.89. The molecule has 0 aliphatic rings. The van der Waals surface area contributed by atoms with Crippen LogP contribution in [-0.4, -0.2) is 41.0 Å². The average Bonchev–Trinajstić information content (AvgIpc) is 2.45. The number of carbonyl (C=O) groups is 2. The highest BCUT2D eigenvalue weighted by atomic mass is 32.2. The maximum Gasteiger partial charge on any atom is 0.415 e. The number of nitrogens with one attached hydrogen (secondary N) is 1. The van der Waals surface area contributed by atoms with Gasteiger partial charge in [-0.25, -0.2) is 14.5 Å². The Kier molecular flexibility index (Phi) is 7.00. The minimum atomic E-state index is -1.32. The fourth-order valence-electron chi connectivity index (χ4n) is 1.41. The summed E-state index contributed by atoms with van der Waals surface area (Å²) in [5, 5.41) is 19.5. The first kappa shape index (κ1) is 15.9. The molecule has 1 aromatic carbocycles. The zero-order valence-corrected chi connectivity index (χ0v) is 11.6. The quantitative estimate of drug-likeness (QED) is 0.619. The Balaban J connectivity index is 2.34. The van der Waals surface area contributed by atoms with Gasteiger partial charge in [0.25, 0.3) is 0 Å². The van der Waals surface area contributed by atoms with E-state index in [1.54, 1.807) is 17.8 Å². The lowest BCUT2D eigenvalue weighted by Gasteiger charge is -2.16. The summed E-state index contributed by atoms with van der Waals surface area (Å²) in [7, 11) is 0. The van der Waals surface area contributed by atoms with Gasteiger partial charge in [0.1, 0.15) is 6.54 Å². The number of imide groups is 1. The monoisotopic (exact) mass is 293 g/mol. The van der Waals surface area contributed by atoms with Crippen molar-refractivity contribution in [3.63, 3.8) is 0 Å². The number of thioether (sulfide) groups is 1. The Morgan fingerprint density at radius 3 is 2.65 bits per heavy atom. The SMILES string of the molecule is N#CCNC(=O)N(CCSCc1ccccc1)C(=O)O. The molecule has 106 valence electrons. The maximum atomic E-state index is 11.5. The van der Waals surface area contributed by atoms with Crippen LogP contribution in [0.25, 0.3) is 0 Å². The van der Waals surface area contributed by atoms with E-state index in [0.29, 0.717) is 10.7 Å². The second kappa shape index (κ2) is 8.82. The summed E-state index contributed by atoms with van der Waals surface area (Å²) in [6.45, 7) is -0.121. The zero-order chi connectivity index (χ0) is 14.8. The molecule has 20 heavy (non-hydrogen) atoms. The number of rotatable bonds is 6. The van der Waals surface area contributed by atoms with Gasteiger partial charge in [0.05, 0.1) is 6.07 Å². The van der Waals surface area contributed by atoms with Crippen molar-refractivity contribution in [3.05, 3.63) is 35.9 Å². The molecular formula is C13H15N3O3S. The molecule has 0 aliphatic carbocycles. The molecule has 0 radical (unpaired) electrons. The molecule has 0 saturated heterocycles. The molecular weight excluding hydrogens is 278 g/mol. The van der Waals surface area contributed by atoms with E-state index in [1.807, 2.05) is 30.3 Å². The van der Waals surface area contributed by atoms with Crippen molar-refractivity contribution in [3.8, 4) is 6.07 Å². The third-order valence-electron chi connectivity index (χ3n) is 2.37. The van der Waals surface area contributed by atoms with E-state index in [4.69, 9.17) is 10.4 Å². The Hall–Kier alpha value is -2.20. The number of hydrogen-bond acceptors (Lipinski definition) is 4. The van der Waals surface area contributed by atoms with Crippen LogP contribution in [-0.2, 0) is 5.75 Å². The van der Waals surface area contributed by atoms with Gasteiger partial charge < -0.3 is 10.4 Å². The van der Waals surface area contributed by atoms with Crippen molar-refractivity contribution in [1.82, 2.24) is 10.2 Å². The van der Waals surface area contributed by atoms with Crippen molar-refractivity contribution >= 4 is 23.9 Å². The van der Waals surface area contributed by atoms with Gasteiger partial charge in [-0.05, 0) is 5.56 Å². The summed E-state index contributed by atoms with van der Waals surface area (Å²) in [4.78, 5) is 23.1. The lowest BCUT2D eigenvalue weighted by Crippen LogP contribution is -2.44. The average molecular weight is 293 g/mol. The van der Waals surface area contributed by atoms with Crippen LogP contribution in [0.1, 0.15) is 5.56 Å². The second-order valence-electron chi connectivity index (χ2n) is 3.79. The molecule has 6 nitrogen and oxygen atoms in total. The van der Waals surface area contributed by atoms with Crippen LogP contribution in [0.4, 0.5) is 9.59 Å². The third-order valence-corrected chi connectivity index (χ3v) is 3.37. The molecule has 0 heterocycles. The Labute approximate surface area is 121 Å². The smallest absolute Gasteiger partial charge is 0.415 e. The van der Waals surface area contributed by atoms with Gasteiger partial charge in [0, 0.05) is 18.1 Å². The molecule has 0 spiro atoms.